The summed E-state index contributed by atoms with van der Waals surface area (Å²) in [7, 11) is 1.68. The minimum atomic E-state index is 0.642. The molecule has 0 radical (unpaired) electrons. The molecule has 0 spiro atoms. The number of aromatic nitrogens is 2. The highest BCUT2D eigenvalue weighted by atomic mass is 35.5. The Bertz CT molecular complexity index is 564. The summed E-state index contributed by atoms with van der Waals surface area (Å²) in [6.45, 7) is 3.95. The lowest BCUT2D eigenvalue weighted by atomic mass is 10.1. The van der Waals surface area contributed by atoms with E-state index in [4.69, 9.17) is 27.9 Å². The number of methoxy groups -OCH3 is 1. The van der Waals surface area contributed by atoms with Crippen molar-refractivity contribution in [2.45, 2.75) is 13.5 Å². The van der Waals surface area contributed by atoms with E-state index in [9.17, 15) is 0 Å². The van der Waals surface area contributed by atoms with E-state index in [1.165, 1.54) is 0 Å². The zero-order chi connectivity index (χ0) is 14.5. The molecule has 0 bridgehead atoms. The maximum atomic E-state index is 6.29. The smallest absolute Gasteiger partial charge is 0.0819 e. The summed E-state index contributed by atoms with van der Waals surface area (Å²) in [6, 6.07) is 5.75. The molecule has 6 heteroatoms. The van der Waals surface area contributed by atoms with Crippen LogP contribution in [0.15, 0.2) is 24.4 Å². The molecular formula is C14H17Cl2N3O. The van der Waals surface area contributed by atoms with Crippen molar-refractivity contribution in [3.8, 4) is 5.69 Å². The van der Waals surface area contributed by atoms with Crippen LogP contribution in [0.4, 0.5) is 0 Å². The number of benzene rings is 1. The number of hydrogen-bond acceptors (Lipinski definition) is 3. The third-order valence-electron chi connectivity index (χ3n) is 2.96. The molecule has 0 aliphatic carbocycles. The quantitative estimate of drug-likeness (QED) is 0.832. The lowest BCUT2D eigenvalue weighted by molar-refractivity contribution is 0.199. The van der Waals surface area contributed by atoms with Gasteiger partial charge in [-0.05, 0) is 19.1 Å². The highest BCUT2D eigenvalue weighted by molar-refractivity contribution is 6.31. The monoisotopic (exact) mass is 313 g/mol. The SMILES string of the molecule is COCCNCc1c(Cl)cccc1-n1cc(Cl)c(C)n1. The highest BCUT2D eigenvalue weighted by Crippen LogP contribution is 2.24. The molecule has 1 aromatic carbocycles. The van der Waals surface area contributed by atoms with Gasteiger partial charge in [-0.1, -0.05) is 29.3 Å². The van der Waals surface area contributed by atoms with Gasteiger partial charge in [0.1, 0.15) is 0 Å². The van der Waals surface area contributed by atoms with Gasteiger partial charge >= 0.3 is 0 Å². The van der Waals surface area contributed by atoms with Crippen LogP contribution in [0.2, 0.25) is 10.0 Å². The highest BCUT2D eigenvalue weighted by Gasteiger charge is 2.11. The molecule has 0 fully saturated rings. The molecule has 2 rings (SSSR count). The van der Waals surface area contributed by atoms with Crippen molar-refractivity contribution < 1.29 is 4.74 Å². The molecule has 4 nitrogen and oxygen atoms in total. The summed E-state index contributed by atoms with van der Waals surface area (Å²) in [5, 5.41) is 9.04. The minimum Gasteiger partial charge on any atom is -0.383 e. The predicted molar refractivity (Wildman–Crippen MR) is 81.9 cm³/mol. The molecule has 1 aromatic heterocycles. The molecule has 0 aliphatic rings. The van der Waals surface area contributed by atoms with Crippen LogP contribution in [0.25, 0.3) is 5.69 Å². The molecule has 0 saturated carbocycles. The topological polar surface area (TPSA) is 39.1 Å². The van der Waals surface area contributed by atoms with E-state index < -0.39 is 0 Å². The molecule has 1 N–H and O–H groups in total. The van der Waals surface area contributed by atoms with Crippen LogP contribution in [0.3, 0.4) is 0 Å². The maximum Gasteiger partial charge on any atom is 0.0819 e. The number of hydrogen-bond donors (Lipinski definition) is 1. The second kappa shape index (κ2) is 7.09. The van der Waals surface area contributed by atoms with E-state index in [1.807, 2.05) is 25.1 Å². The normalized spacial score (nSPS) is 11.0. The molecule has 0 unspecified atom stereocenters. The third-order valence-corrected chi connectivity index (χ3v) is 3.69. The average molecular weight is 314 g/mol. The number of ether oxygens (including phenoxy) is 1. The van der Waals surface area contributed by atoms with Gasteiger partial charge in [0.05, 0.1) is 23.0 Å². The summed E-state index contributed by atoms with van der Waals surface area (Å²) < 4.78 is 6.77. The zero-order valence-corrected chi connectivity index (χ0v) is 13.0. The van der Waals surface area contributed by atoms with Crippen molar-refractivity contribution in [2.24, 2.45) is 0 Å². The van der Waals surface area contributed by atoms with E-state index in [-0.39, 0.29) is 0 Å². The second-order valence-corrected chi connectivity index (χ2v) is 5.23. The Labute approximate surface area is 128 Å². The van der Waals surface area contributed by atoms with Gasteiger partial charge < -0.3 is 10.1 Å². The van der Waals surface area contributed by atoms with E-state index in [2.05, 4.69) is 10.4 Å². The molecule has 1 heterocycles. The van der Waals surface area contributed by atoms with Crippen LogP contribution in [-0.4, -0.2) is 30.0 Å². The molecule has 2 aromatic rings. The van der Waals surface area contributed by atoms with E-state index in [0.29, 0.717) is 23.2 Å². The maximum absolute atomic E-state index is 6.29. The second-order valence-electron chi connectivity index (χ2n) is 4.41. The first-order chi connectivity index (χ1) is 9.63. The molecule has 0 atom stereocenters. The van der Waals surface area contributed by atoms with Crippen LogP contribution in [0.1, 0.15) is 11.3 Å². The van der Waals surface area contributed by atoms with E-state index in [1.54, 1.807) is 18.0 Å². The first kappa shape index (κ1) is 15.3. The molecular weight excluding hydrogens is 297 g/mol. The fraction of sp³-hybridized carbons (Fsp3) is 0.357. The Hall–Kier alpha value is -1.07. The van der Waals surface area contributed by atoms with Crippen molar-refractivity contribution in [3.63, 3.8) is 0 Å². The summed E-state index contributed by atoms with van der Waals surface area (Å²) in [4.78, 5) is 0. The van der Waals surface area contributed by atoms with Crippen LogP contribution in [-0.2, 0) is 11.3 Å². The summed E-state index contributed by atoms with van der Waals surface area (Å²) >= 11 is 12.4. The van der Waals surface area contributed by atoms with Crippen LogP contribution < -0.4 is 5.32 Å². The van der Waals surface area contributed by atoms with Crippen molar-refractivity contribution in [3.05, 3.63) is 45.7 Å². The lowest BCUT2D eigenvalue weighted by Gasteiger charge is -2.12. The Morgan fingerprint density at radius 2 is 2.10 bits per heavy atom. The fourth-order valence-electron chi connectivity index (χ4n) is 1.89. The zero-order valence-electron chi connectivity index (χ0n) is 11.5. The lowest BCUT2D eigenvalue weighted by Crippen LogP contribution is -2.20. The third kappa shape index (κ3) is 3.52. The number of aryl methyl sites for hydroxylation is 1. The van der Waals surface area contributed by atoms with Gasteiger partial charge in [-0.25, -0.2) is 4.68 Å². The summed E-state index contributed by atoms with van der Waals surface area (Å²) in [5.41, 5.74) is 2.71. The van der Waals surface area contributed by atoms with Crippen molar-refractivity contribution >= 4 is 23.2 Å². The van der Waals surface area contributed by atoms with Crippen molar-refractivity contribution in [1.29, 1.82) is 0 Å². The Balaban J connectivity index is 2.26. The number of halogens is 2. The van der Waals surface area contributed by atoms with Gasteiger partial charge in [0.25, 0.3) is 0 Å². The molecule has 0 saturated heterocycles. The first-order valence-electron chi connectivity index (χ1n) is 6.32. The average Bonchev–Trinajstić information content (AvgIpc) is 2.76. The van der Waals surface area contributed by atoms with Gasteiger partial charge in [-0.3, -0.25) is 0 Å². The standard InChI is InChI=1S/C14H17Cl2N3O/c1-10-13(16)9-19(18-10)14-5-3-4-12(15)11(14)8-17-6-7-20-2/h3-5,9,17H,6-8H2,1-2H3. The van der Waals surface area contributed by atoms with Gasteiger partial charge in [0.2, 0.25) is 0 Å². The molecule has 108 valence electrons. The van der Waals surface area contributed by atoms with E-state index in [0.717, 1.165) is 23.5 Å². The van der Waals surface area contributed by atoms with Gasteiger partial charge in [0.15, 0.2) is 0 Å². The van der Waals surface area contributed by atoms with Gasteiger partial charge in [-0.15, -0.1) is 0 Å². The van der Waals surface area contributed by atoms with E-state index >= 15 is 0 Å². The summed E-state index contributed by atoms with van der Waals surface area (Å²) in [5.74, 6) is 0. The summed E-state index contributed by atoms with van der Waals surface area (Å²) in [6.07, 6.45) is 1.79. The van der Waals surface area contributed by atoms with Crippen molar-refractivity contribution in [1.82, 2.24) is 15.1 Å². The largest absolute Gasteiger partial charge is 0.383 e. The van der Waals surface area contributed by atoms with Gasteiger partial charge in [-0.2, -0.15) is 5.10 Å². The molecule has 0 aliphatic heterocycles. The minimum absolute atomic E-state index is 0.642. The Morgan fingerprint density at radius 3 is 2.75 bits per heavy atom. The number of rotatable bonds is 6. The van der Waals surface area contributed by atoms with Crippen LogP contribution >= 0.6 is 23.2 Å². The molecule has 0 amide bonds. The number of nitrogens with zero attached hydrogens (tertiary/aromatic N) is 2. The predicted octanol–water partition coefficient (Wildman–Crippen LogP) is 3.22. The van der Waals surface area contributed by atoms with Crippen LogP contribution in [0, 0.1) is 6.92 Å². The first-order valence-corrected chi connectivity index (χ1v) is 7.08. The van der Waals surface area contributed by atoms with Crippen molar-refractivity contribution in [2.75, 3.05) is 20.3 Å². The molecule has 20 heavy (non-hydrogen) atoms. The number of nitrogens with one attached hydrogen (secondary N) is 1. The Kier molecular flexibility index (Phi) is 5.43. The van der Waals surface area contributed by atoms with Crippen LogP contribution in [0.5, 0.6) is 0 Å². The van der Waals surface area contributed by atoms with Gasteiger partial charge in [0, 0.05) is 37.0 Å². The Morgan fingerprint density at radius 1 is 1.30 bits per heavy atom. The fourth-order valence-corrected chi connectivity index (χ4v) is 2.25.